The van der Waals surface area contributed by atoms with Gasteiger partial charge in [0.05, 0.1) is 6.61 Å². The van der Waals surface area contributed by atoms with Crippen molar-refractivity contribution in [3.8, 4) is 0 Å². The van der Waals surface area contributed by atoms with Crippen molar-refractivity contribution in [2.45, 2.75) is 38.9 Å². The quantitative estimate of drug-likeness (QED) is 0.743. The van der Waals surface area contributed by atoms with Gasteiger partial charge in [-0.2, -0.15) is 0 Å². The predicted molar refractivity (Wildman–Crippen MR) is 80.0 cm³/mol. The SMILES string of the molecule is [2H]C([2H])(CC)C([2H])([2H])C([2H])([2H])COC1=NCN=C1C1=CCCN(C)C1. The Morgan fingerprint density at radius 3 is 3.05 bits per heavy atom. The highest BCUT2D eigenvalue weighted by atomic mass is 16.5. The van der Waals surface area contributed by atoms with Crippen LogP contribution >= 0.6 is 0 Å². The highest BCUT2D eigenvalue weighted by Crippen LogP contribution is 2.14. The number of aliphatic imine (C=N–C) groups is 2. The lowest BCUT2D eigenvalue weighted by atomic mass is 10.1. The molecule has 2 aliphatic heterocycles. The summed E-state index contributed by atoms with van der Waals surface area (Å²) in [6.07, 6.45) is -4.70. The molecule has 106 valence electrons. The lowest BCUT2D eigenvalue weighted by Gasteiger charge is -2.23. The van der Waals surface area contributed by atoms with Gasteiger partial charge in [-0.3, -0.25) is 4.99 Å². The molecule has 0 saturated carbocycles. The Morgan fingerprint density at radius 2 is 2.26 bits per heavy atom. The number of ether oxygens (including phenoxy) is 1. The highest BCUT2D eigenvalue weighted by Gasteiger charge is 2.22. The van der Waals surface area contributed by atoms with E-state index in [-0.39, 0.29) is 19.0 Å². The Kier molecular flexibility index (Phi) is 3.21. The van der Waals surface area contributed by atoms with E-state index in [1.807, 2.05) is 7.05 Å². The van der Waals surface area contributed by atoms with Crippen molar-refractivity contribution in [3.63, 3.8) is 0 Å². The van der Waals surface area contributed by atoms with E-state index in [0.717, 1.165) is 18.5 Å². The first-order valence-corrected chi connectivity index (χ1v) is 6.62. The summed E-state index contributed by atoms with van der Waals surface area (Å²) in [6.45, 7) is 2.73. The smallest absolute Gasteiger partial charge is 0.237 e. The number of hydrogen-bond donors (Lipinski definition) is 0. The Balaban J connectivity index is 2.08. The van der Waals surface area contributed by atoms with Crippen molar-refractivity contribution >= 4 is 11.6 Å². The molecule has 2 rings (SSSR count). The molecule has 0 bridgehead atoms. The molecule has 0 spiro atoms. The van der Waals surface area contributed by atoms with Crippen LogP contribution in [0, 0.1) is 0 Å². The lowest BCUT2D eigenvalue weighted by molar-refractivity contribution is 0.298. The molecule has 0 atom stereocenters. The Labute approximate surface area is 124 Å². The molecule has 0 N–H and O–H groups in total. The van der Waals surface area contributed by atoms with Crippen molar-refractivity contribution in [1.29, 1.82) is 0 Å². The van der Waals surface area contributed by atoms with Gasteiger partial charge < -0.3 is 9.64 Å². The summed E-state index contributed by atoms with van der Waals surface area (Å²) in [5.41, 5.74) is 1.55. The Hall–Kier alpha value is -1.16. The summed E-state index contributed by atoms with van der Waals surface area (Å²) in [5.74, 6) is 0.207. The number of rotatable bonds is 6. The van der Waals surface area contributed by atoms with Crippen LogP contribution in [-0.2, 0) is 4.74 Å². The molecule has 0 aliphatic carbocycles. The average molecular weight is 269 g/mol. The number of likely N-dealkylation sites (N-methyl/N-ethyl adjacent to an activating group) is 1. The van der Waals surface area contributed by atoms with Crippen LogP contribution in [0.25, 0.3) is 0 Å². The molecule has 0 aromatic heterocycles. The van der Waals surface area contributed by atoms with Gasteiger partial charge in [-0.25, -0.2) is 4.99 Å². The standard InChI is InChI=1S/C15H25N3O/c1-3-4-5-6-10-19-15-14(16-12-17-15)13-8-7-9-18(2)11-13/h8H,3-7,9-12H2,1-2H3/i4D2,5D2,6D2. The number of nitrogens with zero attached hydrogens (tertiary/aromatic N) is 3. The van der Waals surface area contributed by atoms with E-state index in [4.69, 9.17) is 13.0 Å². The first-order valence-electron chi connectivity index (χ1n) is 9.62. The van der Waals surface area contributed by atoms with E-state index >= 15 is 0 Å². The van der Waals surface area contributed by atoms with Gasteiger partial charge in [0.25, 0.3) is 0 Å². The molecule has 0 radical (unpaired) electrons. The molecule has 4 nitrogen and oxygen atoms in total. The molecule has 2 heterocycles. The van der Waals surface area contributed by atoms with E-state index in [9.17, 15) is 0 Å². The zero-order chi connectivity index (χ0) is 18.9. The summed E-state index contributed by atoms with van der Waals surface area (Å²) < 4.78 is 52.9. The molecule has 0 amide bonds. The van der Waals surface area contributed by atoms with Crippen LogP contribution in [-0.4, -0.2) is 49.9 Å². The van der Waals surface area contributed by atoms with Crippen LogP contribution in [0.5, 0.6) is 0 Å². The van der Waals surface area contributed by atoms with E-state index in [1.165, 1.54) is 6.92 Å². The van der Waals surface area contributed by atoms with E-state index < -0.39 is 25.7 Å². The van der Waals surface area contributed by atoms with Gasteiger partial charge in [0.15, 0.2) is 0 Å². The van der Waals surface area contributed by atoms with Gasteiger partial charge in [-0.1, -0.05) is 32.2 Å². The zero-order valence-corrected chi connectivity index (χ0v) is 11.6. The summed E-state index contributed by atoms with van der Waals surface area (Å²) in [5, 5.41) is 0. The van der Waals surface area contributed by atoms with Crippen LogP contribution in [0.4, 0.5) is 0 Å². The van der Waals surface area contributed by atoms with Crippen LogP contribution in [0.1, 0.15) is 47.1 Å². The summed E-state index contributed by atoms with van der Waals surface area (Å²) in [7, 11) is 2.00. The molecule has 4 heteroatoms. The van der Waals surface area contributed by atoms with Crippen LogP contribution in [0.15, 0.2) is 21.6 Å². The molecule has 19 heavy (non-hydrogen) atoms. The molecule has 2 aliphatic rings. The average Bonchev–Trinajstić information content (AvgIpc) is 3.01. The van der Waals surface area contributed by atoms with E-state index in [1.54, 1.807) is 0 Å². The third-order valence-corrected chi connectivity index (χ3v) is 2.93. The largest absolute Gasteiger partial charge is 0.476 e. The lowest BCUT2D eigenvalue weighted by Crippen LogP contribution is -2.31. The predicted octanol–water partition coefficient (Wildman–Crippen LogP) is 2.66. The Morgan fingerprint density at radius 1 is 1.37 bits per heavy atom. The first kappa shape index (κ1) is 8.20. The minimum absolute atomic E-state index is 0.133. The second-order valence-corrected chi connectivity index (χ2v) is 4.49. The topological polar surface area (TPSA) is 37.2 Å². The van der Waals surface area contributed by atoms with E-state index in [2.05, 4.69) is 21.0 Å². The van der Waals surface area contributed by atoms with Crippen molar-refractivity contribution in [2.24, 2.45) is 9.98 Å². The molecule has 0 aromatic carbocycles. The van der Waals surface area contributed by atoms with Gasteiger partial charge in [0.1, 0.15) is 12.4 Å². The normalized spacial score (nSPS) is 26.9. The Bertz CT molecular complexity index is 600. The minimum Gasteiger partial charge on any atom is -0.476 e. The molecular formula is C15H25N3O. The maximum atomic E-state index is 8.00. The third-order valence-electron chi connectivity index (χ3n) is 2.93. The molecule has 0 aromatic rings. The fourth-order valence-electron chi connectivity index (χ4n) is 2.02. The molecule has 0 saturated heterocycles. The molecular weight excluding hydrogens is 238 g/mol. The fourth-order valence-corrected chi connectivity index (χ4v) is 2.02. The maximum Gasteiger partial charge on any atom is 0.237 e. The van der Waals surface area contributed by atoms with Crippen LogP contribution in [0.2, 0.25) is 0 Å². The van der Waals surface area contributed by atoms with Gasteiger partial charge >= 0.3 is 0 Å². The second-order valence-electron chi connectivity index (χ2n) is 4.49. The maximum absolute atomic E-state index is 8.00. The summed E-state index contributed by atoms with van der Waals surface area (Å²) >= 11 is 0. The molecule has 0 fully saturated rings. The van der Waals surface area contributed by atoms with Gasteiger partial charge in [0.2, 0.25) is 5.90 Å². The van der Waals surface area contributed by atoms with Crippen LogP contribution in [0.3, 0.4) is 0 Å². The third kappa shape index (κ3) is 4.16. The van der Waals surface area contributed by atoms with E-state index in [0.29, 0.717) is 12.3 Å². The highest BCUT2D eigenvalue weighted by molar-refractivity contribution is 6.46. The number of hydrogen-bond acceptors (Lipinski definition) is 4. The van der Waals surface area contributed by atoms with Gasteiger partial charge in [-0.15, -0.1) is 0 Å². The van der Waals surface area contributed by atoms with Crippen molar-refractivity contribution in [1.82, 2.24) is 4.90 Å². The van der Waals surface area contributed by atoms with Crippen molar-refractivity contribution < 1.29 is 13.0 Å². The van der Waals surface area contributed by atoms with Crippen molar-refractivity contribution in [3.05, 3.63) is 11.6 Å². The molecule has 0 unspecified atom stereocenters. The second kappa shape index (κ2) is 7.43. The van der Waals surface area contributed by atoms with Crippen molar-refractivity contribution in [2.75, 3.05) is 33.4 Å². The van der Waals surface area contributed by atoms with Gasteiger partial charge in [-0.05, 0) is 25.4 Å². The first-order chi connectivity index (χ1) is 11.5. The van der Waals surface area contributed by atoms with Crippen LogP contribution < -0.4 is 0 Å². The van der Waals surface area contributed by atoms with Gasteiger partial charge in [0, 0.05) is 21.3 Å². The summed E-state index contributed by atoms with van der Waals surface area (Å²) in [4.78, 5) is 10.6. The fraction of sp³-hybridized carbons (Fsp3) is 0.733. The minimum atomic E-state index is -2.70. The monoisotopic (exact) mass is 269 g/mol. The zero-order valence-electron chi connectivity index (χ0n) is 17.6. The summed E-state index contributed by atoms with van der Waals surface area (Å²) in [6, 6.07) is 0.